The van der Waals surface area contributed by atoms with Crippen LogP contribution in [0.25, 0.3) is 0 Å². The summed E-state index contributed by atoms with van der Waals surface area (Å²) < 4.78 is 0. The Morgan fingerprint density at radius 2 is 0.917 bits per heavy atom. The molecule has 0 aromatic carbocycles. The number of carboxylic acid groups (broad SMARTS) is 2. The molecule has 1 unspecified atom stereocenters. The number of aliphatic hydroxyl groups is 1. The molecule has 2 saturated heterocycles. The average Bonchev–Trinajstić information content (AvgIpc) is 1.62. The smallest absolute Gasteiger partial charge is 0.305 e. The number of carbonyl (C=O) groups excluding carboxylic acids is 19. The first kappa shape index (κ1) is 106. The van der Waals surface area contributed by atoms with Crippen LogP contribution in [0.3, 0.4) is 0 Å². The van der Waals surface area contributed by atoms with E-state index in [2.05, 4.69) is 85.1 Å². The summed E-state index contributed by atoms with van der Waals surface area (Å²) in [5.41, 5.74) is 10.1. The van der Waals surface area contributed by atoms with E-state index in [1.165, 1.54) is 4.90 Å². The minimum Gasteiger partial charge on any atom is -0.481 e. The van der Waals surface area contributed by atoms with Crippen molar-refractivity contribution in [2.45, 2.75) is 272 Å². The van der Waals surface area contributed by atoms with Crippen LogP contribution in [0.5, 0.6) is 0 Å². The Kier molecular flexibility index (Phi) is 45.1. The van der Waals surface area contributed by atoms with Crippen molar-refractivity contribution >= 4 is 146 Å². The van der Waals surface area contributed by atoms with E-state index in [0.717, 1.165) is 6.92 Å². The lowest BCUT2D eigenvalue weighted by molar-refractivity contribution is -0.143. The summed E-state index contributed by atoms with van der Waals surface area (Å²) >= 11 is 0. The van der Waals surface area contributed by atoms with Crippen molar-refractivity contribution in [2.75, 3.05) is 37.7 Å². The first-order chi connectivity index (χ1) is 55.7. The van der Waals surface area contributed by atoms with Crippen molar-refractivity contribution in [3.63, 3.8) is 0 Å². The molecule has 2 heterocycles. The van der Waals surface area contributed by atoms with Crippen LogP contribution in [0.4, 0.5) is 0 Å². The van der Waals surface area contributed by atoms with E-state index in [4.69, 9.17) is 11.5 Å². The lowest BCUT2D eigenvalue weighted by atomic mass is 9.98. The van der Waals surface area contributed by atoms with Gasteiger partial charge >= 0.3 is 11.9 Å². The molecule has 0 aromatic rings. The number of aliphatic hydroxyl groups excluding tert-OH is 1. The van der Waals surface area contributed by atoms with Gasteiger partial charge in [0.1, 0.15) is 84.6 Å². The van der Waals surface area contributed by atoms with Gasteiger partial charge < -0.3 is 117 Å². The zero-order chi connectivity index (χ0) is 91.5. The molecule has 0 spiro atoms. The quantitative estimate of drug-likeness (QED) is 0.0267. The molecule has 45 heteroatoms. The molecule has 0 radical (unpaired) electrons. The number of rotatable bonds is 34. The van der Waals surface area contributed by atoms with Crippen LogP contribution in [0, 0.1) is 35.5 Å². The molecule has 19 amide bonds. The molecule has 0 aliphatic carbocycles. The lowest BCUT2D eigenvalue weighted by Crippen LogP contribution is -2.61. The zero-order valence-electron chi connectivity index (χ0n) is 70.9. The Hall–Kier alpha value is -10.5. The van der Waals surface area contributed by atoms with Gasteiger partial charge in [-0.1, -0.05) is 105 Å². The van der Waals surface area contributed by atoms with Gasteiger partial charge in [-0.15, -0.1) is 0 Å². The first-order valence-electron chi connectivity index (χ1n) is 39.7. The number of nitrogens with two attached hydrogens (primary N) is 2. The highest BCUT2D eigenvalue weighted by Crippen LogP contribution is 2.25. The van der Waals surface area contributed by atoms with E-state index in [1.807, 2.05) is 0 Å². The number of nitrogens with one attached hydrogen (secondary N) is 16. The predicted molar refractivity (Wildman–Crippen MR) is 436 cm³/mol. The maximum atomic E-state index is 15.0. The van der Waals surface area contributed by atoms with Gasteiger partial charge in [0.05, 0.1) is 45.4 Å². The van der Waals surface area contributed by atoms with E-state index in [9.17, 15) is 111 Å². The molecular weight excluding hydrogens is 1620 g/mol. The summed E-state index contributed by atoms with van der Waals surface area (Å²) in [4.78, 5) is 290. The van der Waals surface area contributed by atoms with E-state index in [0.29, 0.717) is 21.6 Å². The highest BCUT2D eigenvalue weighted by Gasteiger charge is 2.43. The van der Waals surface area contributed by atoms with Crippen LogP contribution in [-0.2, 0) is 101 Å². The molecule has 2 rings (SSSR count). The van der Waals surface area contributed by atoms with Crippen molar-refractivity contribution in [2.24, 2.45) is 47.0 Å². The van der Waals surface area contributed by atoms with E-state index in [-0.39, 0.29) is 75.2 Å². The number of hydrogen-bond donors (Lipinski definition) is 21. The summed E-state index contributed by atoms with van der Waals surface area (Å²) in [6, 6.07) is -23.1. The molecule has 0 aromatic heterocycles. The molecule has 2 aliphatic heterocycles. The van der Waals surface area contributed by atoms with Crippen molar-refractivity contribution in [3.05, 3.63) is 0 Å². The summed E-state index contributed by atoms with van der Waals surface area (Å²) in [5.74, 6) is -26.8. The summed E-state index contributed by atoms with van der Waals surface area (Å²) in [5, 5.41) is 68.8. The molecule has 2 fully saturated rings. The Balaban J connectivity index is 3.04. The van der Waals surface area contributed by atoms with Crippen LogP contribution in [0.1, 0.15) is 181 Å². The van der Waals surface area contributed by atoms with Gasteiger partial charge in [0.15, 0.2) is 0 Å². The molecule has 676 valence electrons. The lowest BCUT2D eigenvalue weighted by Gasteiger charge is -2.32. The van der Waals surface area contributed by atoms with Crippen LogP contribution in [-0.4, -0.2) is 272 Å². The third kappa shape index (κ3) is 39.6. The second-order valence-corrected chi connectivity index (χ2v) is 35.6. The largest absolute Gasteiger partial charge is 0.481 e. The predicted octanol–water partition coefficient (Wildman–Crippen LogP) is -5.58. The highest BCUT2D eigenvalue weighted by atomic mass is 33.1. The molecule has 0 bridgehead atoms. The minimum atomic E-state index is -2.03. The third-order valence-corrected chi connectivity index (χ3v) is 20.4. The normalized spacial score (nSPS) is 22.0. The van der Waals surface area contributed by atoms with Gasteiger partial charge in [0.2, 0.25) is 112 Å². The summed E-state index contributed by atoms with van der Waals surface area (Å²) in [6.07, 6.45) is -4.04. The Morgan fingerprint density at radius 3 is 1.37 bits per heavy atom. The van der Waals surface area contributed by atoms with Gasteiger partial charge in [-0.2, -0.15) is 0 Å². The molecule has 23 N–H and O–H groups in total. The van der Waals surface area contributed by atoms with Gasteiger partial charge in [0, 0.05) is 30.5 Å². The first-order valence-corrected chi connectivity index (χ1v) is 42.1. The molecule has 14 atom stereocenters. The van der Waals surface area contributed by atoms with E-state index < -0.39 is 283 Å². The second kappa shape index (κ2) is 51.2. The molecular formula is C75H125N19O24S2. The fourth-order valence-corrected chi connectivity index (χ4v) is 14.7. The van der Waals surface area contributed by atoms with Gasteiger partial charge in [-0.25, -0.2) is 0 Å². The van der Waals surface area contributed by atoms with Crippen molar-refractivity contribution in [1.82, 2.24) is 90.0 Å². The molecule has 2 aliphatic rings. The van der Waals surface area contributed by atoms with Crippen LogP contribution < -0.4 is 96.5 Å². The standard InChI is InChI=1S/C75H125N19O24S2/c1-34(2)20-41-61(105)78-30-57(100)82-51(62(106)79-29-56(99)81-47(27-58(101)102)68(112)87-48(28-59(103)104)71(115)93-75(14,15)16)32-119-120-33-52(92-69(113)50(31-95)91-67(111)46(26-55(77)98)89-73(117)60(39(11)12)80-40(13)96)70(114)86-43(22-36(5)6)64(108)84-44(23-37(7)8)65(109)90-49(24-38(9)10)74(118)94-19-17-18-53(94)72(116)88-45(25-54(76)97)66(110)85-42(21-35(3)4)63(107)83-41/h34-39,41-53,60,95H,17-33H2,1-16H3,(H2,76,97)(H2,77,98)(H,78,105)(H,79,106)(H,80,96)(H,81,99)(H,82,100)(H,83,107)(H,84,108)(H,85,110)(H,86,114)(H,87,112)(H,88,116)(H,89,117)(H,90,109)(H,91,111)(H,92,113)(H,93,115)(H,101,102)(H,103,104)/t41-,42-,43-,44-,45-,46-,47?,48-,49-,50-,51-,52-,53-,60-/m0/s1. The van der Waals surface area contributed by atoms with Gasteiger partial charge in [0.25, 0.3) is 0 Å². The van der Waals surface area contributed by atoms with E-state index in [1.54, 1.807) is 104 Å². The fourth-order valence-electron chi connectivity index (χ4n) is 12.4. The number of nitrogens with zero attached hydrogens (tertiary/aromatic N) is 1. The minimum absolute atomic E-state index is 0.0191. The fraction of sp³-hybridized carbons (Fsp3) is 0.720. The Labute approximate surface area is 704 Å². The monoisotopic (exact) mass is 1740 g/mol. The van der Waals surface area contributed by atoms with Crippen molar-refractivity contribution in [1.29, 1.82) is 0 Å². The third-order valence-electron chi connectivity index (χ3n) is 17.9. The number of carboxylic acids is 2. The molecule has 43 nitrogen and oxygen atoms in total. The number of fused-ring (bicyclic) bond motifs is 1. The zero-order valence-corrected chi connectivity index (χ0v) is 72.5. The number of primary amides is 2. The maximum absolute atomic E-state index is 15.0. The summed E-state index contributed by atoms with van der Waals surface area (Å²) in [6.45, 7) is 22.6. The molecule has 120 heavy (non-hydrogen) atoms. The van der Waals surface area contributed by atoms with E-state index >= 15 is 4.79 Å². The second-order valence-electron chi connectivity index (χ2n) is 33.1. The van der Waals surface area contributed by atoms with Crippen LogP contribution >= 0.6 is 21.6 Å². The maximum Gasteiger partial charge on any atom is 0.305 e. The number of amides is 19. The Morgan fingerprint density at radius 1 is 0.492 bits per heavy atom. The number of hydrogen-bond acceptors (Lipinski definition) is 24. The van der Waals surface area contributed by atoms with Crippen LogP contribution in [0.2, 0.25) is 0 Å². The van der Waals surface area contributed by atoms with Crippen LogP contribution in [0.15, 0.2) is 0 Å². The summed E-state index contributed by atoms with van der Waals surface area (Å²) in [7, 11) is 1.37. The van der Waals surface area contributed by atoms with Gasteiger partial charge in [-0.3, -0.25) is 101 Å². The number of aliphatic carboxylic acids is 2. The Bertz CT molecular complexity index is 3670. The van der Waals surface area contributed by atoms with Crippen molar-refractivity contribution < 1.29 is 116 Å². The molecule has 0 saturated carbocycles. The average molecular weight is 1740 g/mol. The SMILES string of the molecule is CC(=O)N[C@H](C(=O)N[C@@H](CC(N)=O)C(=O)N[C@@H](CO)C(=O)N[C@H]1CSSC[C@@H](C(=O)NCC(=O)NC(CC(=O)O)C(=O)N[C@@H](CC(=O)O)C(=O)NC(C)(C)C)NC(=O)CNC(=O)[C@H](CC(C)C)NC(=O)[C@H](CC(C)C)NC(=O)[C@H](CC(N)=O)NC(=O)[C@@H]2CCCN2C(=O)[C@H](CC(C)C)NC(=O)[C@H](CC(C)C)NC(=O)[C@H](CC(C)C)NC1=O)C(C)C. The van der Waals surface area contributed by atoms with Gasteiger partial charge in [-0.05, 0) is 101 Å². The topological polar surface area (TPSA) is 667 Å². The highest BCUT2D eigenvalue weighted by molar-refractivity contribution is 8.76. The number of carbonyl (C=O) groups is 21. The van der Waals surface area contributed by atoms with Crippen molar-refractivity contribution in [3.8, 4) is 0 Å².